The molecule has 0 fully saturated rings. The number of carbonyl (C=O) groups is 2. The van der Waals surface area contributed by atoms with E-state index in [4.69, 9.17) is 9.47 Å². The minimum absolute atomic E-state index is 0.0730. The third kappa shape index (κ3) is 4.04. The van der Waals surface area contributed by atoms with Gasteiger partial charge in [-0.15, -0.1) is 0 Å². The van der Waals surface area contributed by atoms with Gasteiger partial charge in [0.25, 0.3) is 0 Å². The fraction of sp³-hybridized carbons (Fsp3) is 0.333. The van der Waals surface area contributed by atoms with Crippen LogP contribution in [-0.4, -0.2) is 36.0 Å². The molecule has 0 N–H and O–H groups in total. The smallest absolute Gasteiger partial charge is 0.338 e. The summed E-state index contributed by atoms with van der Waals surface area (Å²) in [4.78, 5) is 26.5. The van der Waals surface area contributed by atoms with Crippen LogP contribution < -0.4 is 0 Å². The van der Waals surface area contributed by atoms with Gasteiger partial charge in [0.15, 0.2) is 0 Å². The third-order valence-corrected chi connectivity index (χ3v) is 7.75. The van der Waals surface area contributed by atoms with Gasteiger partial charge in [-0.2, -0.15) is 0 Å². The number of ether oxygens (including phenoxy) is 2. The lowest BCUT2D eigenvalue weighted by molar-refractivity contribution is 0.0301. The van der Waals surface area contributed by atoms with Gasteiger partial charge in [-0.3, -0.25) is 4.90 Å². The van der Waals surface area contributed by atoms with Crippen molar-refractivity contribution >= 4 is 11.9 Å². The van der Waals surface area contributed by atoms with Crippen molar-refractivity contribution in [3.05, 3.63) is 93.0 Å². The zero-order chi connectivity index (χ0) is 24.1. The molecule has 3 aromatic carbocycles. The summed E-state index contributed by atoms with van der Waals surface area (Å²) in [5.74, 6) is -0.415. The molecule has 178 valence electrons. The van der Waals surface area contributed by atoms with Gasteiger partial charge in [0, 0.05) is 31.6 Å². The van der Waals surface area contributed by atoms with Crippen molar-refractivity contribution in [2.45, 2.75) is 52.4 Å². The van der Waals surface area contributed by atoms with Crippen molar-refractivity contribution in [2.75, 3.05) is 13.1 Å². The summed E-state index contributed by atoms with van der Waals surface area (Å²) in [6.45, 7) is 7.44. The van der Waals surface area contributed by atoms with E-state index in [9.17, 15) is 9.59 Å². The van der Waals surface area contributed by atoms with Gasteiger partial charge < -0.3 is 9.47 Å². The lowest BCUT2D eigenvalue weighted by Gasteiger charge is -2.29. The molecule has 1 atom stereocenters. The lowest BCUT2D eigenvalue weighted by atomic mass is 9.91. The van der Waals surface area contributed by atoms with Crippen LogP contribution in [0.1, 0.15) is 61.0 Å². The van der Waals surface area contributed by atoms with E-state index in [2.05, 4.69) is 42.2 Å². The molecule has 0 saturated carbocycles. The van der Waals surface area contributed by atoms with Crippen LogP contribution in [-0.2, 0) is 41.9 Å². The number of rotatable bonds is 4. The Morgan fingerprint density at radius 1 is 0.914 bits per heavy atom. The summed E-state index contributed by atoms with van der Waals surface area (Å²) in [6.07, 6.45) is 2.69. The number of carbonyl (C=O) groups excluding carboxylic acids is 2. The highest BCUT2D eigenvalue weighted by atomic mass is 16.5. The first kappa shape index (κ1) is 22.1. The highest BCUT2D eigenvalue weighted by Gasteiger charge is 2.25. The van der Waals surface area contributed by atoms with Gasteiger partial charge in [0.2, 0.25) is 0 Å². The summed E-state index contributed by atoms with van der Waals surface area (Å²) in [7, 11) is 0. The molecule has 6 rings (SSSR count). The second kappa shape index (κ2) is 8.65. The number of hydrogen-bond donors (Lipinski definition) is 0. The Balaban J connectivity index is 1.15. The number of cyclic esters (lactones) is 2. The molecule has 0 aliphatic carbocycles. The second-order valence-electron chi connectivity index (χ2n) is 10.0. The fourth-order valence-corrected chi connectivity index (χ4v) is 5.67. The van der Waals surface area contributed by atoms with E-state index in [1.807, 2.05) is 25.1 Å². The molecular formula is C30H29NO4. The molecule has 5 heteroatoms. The van der Waals surface area contributed by atoms with Crippen molar-refractivity contribution in [1.82, 2.24) is 4.90 Å². The van der Waals surface area contributed by atoms with E-state index in [0.29, 0.717) is 12.2 Å². The van der Waals surface area contributed by atoms with Gasteiger partial charge in [-0.05, 0) is 77.8 Å². The van der Waals surface area contributed by atoms with Gasteiger partial charge in [-0.25, -0.2) is 9.59 Å². The van der Waals surface area contributed by atoms with Gasteiger partial charge in [0.1, 0.15) is 12.7 Å². The Labute approximate surface area is 205 Å². The Morgan fingerprint density at radius 2 is 1.69 bits per heavy atom. The van der Waals surface area contributed by atoms with E-state index >= 15 is 0 Å². The zero-order valence-electron chi connectivity index (χ0n) is 20.2. The molecule has 3 aliphatic rings. The van der Waals surface area contributed by atoms with Crippen molar-refractivity contribution in [2.24, 2.45) is 0 Å². The van der Waals surface area contributed by atoms with E-state index in [0.717, 1.165) is 61.2 Å². The van der Waals surface area contributed by atoms with Gasteiger partial charge in [-0.1, -0.05) is 36.4 Å². The molecule has 3 aliphatic heterocycles. The molecule has 0 bridgehead atoms. The first-order chi connectivity index (χ1) is 17.0. The van der Waals surface area contributed by atoms with Crippen LogP contribution in [0.5, 0.6) is 0 Å². The monoisotopic (exact) mass is 467 g/mol. The summed E-state index contributed by atoms with van der Waals surface area (Å²) in [5, 5.41) is 0. The minimum Gasteiger partial charge on any atom is -0.459 e. The molecular weight excluding hydrogens is 438 g/mol. The quantitative estimate of drug-likeness (QED) is 0.504. The highest BCUT2D eigenvalue weighted by Crippen LogP contribution is 2.31. The summed E-state index contributed by atoms with van der Waals surface area (Å²) < 4.78 is 10.6. The van der Waals surface area contributed by atoms with Crippen LogP contribution in [0.2, 0.25) is 0 Å². The standard InChI is InChI=1S/C30H29NO4/c1-18-13-25-15-22(6-7-26(25)30(33)35-18)21-3-4-24-16-31(12-10-23(24)14-21)11-9-20-5-8-27-28(19(20)2)17-34-29(27)32/h3-8,14-15,18H,9-13,16-17H2,1-2H3/t18-/m0/s1. The topological polar surface area (TPSA) is 55.8 Å². The zero-order valence-corrected chi connectivity index (χ0v) is 20.2. The number of benzene rings is 3. The normalized spacial score (nSPS) is 19.0. The molecule has 0 amide bonds. The summed E-state index contributed by atoms with van der Waals surface area (Å²) >= 11 is 0. The van der Waals surface area contributed by atoms with Crippen molar-refractivity contribution in [3.8, 4) is 11.1 Å². The van der Waals surface area contributed by atoms with E-state index in [-0.39, 0.29) is 18.0 Å². The second-order valence-corrected chi connectivity index (χ2v) is 10.0. The Hall–Kier alpha value is -3.44. The van der Waals surface area contributed by atoms with E-state index in [1.54, 1.807) is 0 Å². The van der Waals surface area contributed by atoms with Crippen LogP contribution in [0.3, 0.4) is 0 Å². The largest absolute Gasteiger partial charge is 0.459 e. The third-order valence-electron chi connectivity index (χ3n) is 7.75. The van der Waals surface area contributed by atoms with Crippen LogP contribution in [0.4, 0.5) is 0 Å². The molecule has 0 unspecified atom stereocenters. The maximum atomic E-state index is 12.1. The van der Waals surface area contributed by atoms with E-state index in [1.165, 1.54) is 27.8 Å². The predicted molar refractivity (Wildman–Crippen MR) is 133 cm³/mol. The molecule has 35 heavy (non-hydrogen) atoms. The molecule has 3 heterocycles. The van der Waals surface area contributed by atoms with Crippen LogP contribution in [0, 0.1) is 6.92 Å². The molecule has 0 spiro atoms. The van der Waals surface area contributed by atoms with Crippen molar-refractivity contribution in [3.63, 3.8) is 0 Å². The average molecular weight is 468 g/mol. The molecule has 0 radical (unpaired) electrons. The van der Waals surface area contributed by atoms with Gasteiger partial charge in [0.05, 0.1) is 11.1 Å². The summed E-state index contributed by atoms with van der Waals surface area (Å²) in [6, 6.07) is 16.9. The summed E-state index contributed by atoms with van der Waals surface area (Å²) in [5.41, 5.74) is 11.2. The average Bonchev–Trinajstić information content (AvgIpc) is 3.24. The Morgan fingerprint density at radius 3 is 2.54 bits per heavy atom. The van der Waals surface area contributed by atoms with Crippen molar-refractivity contribution < 1.29 is 19.1 Å². The molecule has 5 nitrogen and oxygen atoms in total. The highest BCUT2D eigenvalue weighted by molar-refractivity contribution is 5.94. The Kier molecular flexibility index (Phi) is 5.45. The maximum absolute atomic E-state index is 12.1. The molecule has 0 aromatic heterocycles. The SMILES string of the molecule is Cc1c(CCN2CCc3cc(-c4ccc5c(c4)C[C@H](C)OC5=O)ccc3C2)ccc2c1COC2=O. The Bertz CT molecular complexity index is 1360. The number of esters is 2. The van der Waals surface area contributed by atoms with Gasteiger partial charge >= 0.3 is 11.9 Å². The first-order valence-corrected chi connectivity index (χ1v) is 12.4. The van der Waals surface area contributed by atoms with Crippen LogP contribution in [0.15, 0.2) is 48.5 Å². The number of fused-ring (bicyclic) bond motifs is 3. The van der Waals surface area contributed by atoms with Crippen LogP contribution >= 0.6 is 0 Å². The fourth-order valence-electron chi connectivity index (χ4n) is 5.67. The lowest BCUT2D eigenvalue weighted by Crippen LogP contribution is -2.32. The first-order valence-electron chi connectivity index (χ1n) is 12.4. The number of nitrogens with zero attached hydrogens (tertiary/aromatic N) is 1. The maximum Gasteiger partial charge on any atom is 0.338 e. The molecule has 3 aromatic rings. The van der Waals surface area contributed by atoms with Crippen molar-refractivity contribution in [1.29, 1.82) is 0 Å². The minimum atomic E-state index is -0.215. The van der Waals surface area contributed by atoms with Crippen LogP contribution in [0.25, 0.3) is 11.1 Å². The molecule has 0 saturated heterocycles. The predicted octanol–water partition coefficient (Wildman–Crippen LogP) is 5.03. The van der Waals surface area contributed by atoms with E-state index < -0.39 is 0 Å². The number of hydrogen-bond acceptors (Lipinski definition) is 5.